The Kier molecular flexibility index (Phi) is 9.93. The monoisotopic (exact) mass is 459 g/mol. The Labute approximate surface area is 165 Å². The summed E-state index contributed by atoms with van der Waals surface area (Å²) in [5.41, 5.74) is 2.24. The molecule has 0 radical (unpaired) electrons. The van der Waals surface area contributed by atoms with Gasteiger partial charge in [-0.1, -0.05) is 12.1 Å². The van der Waals surface area contributed by atoms with E-state index in [2.05, 4.69) is 20.7 Å². The molecular formula is C17H26IN5O2. The van der Waals surface area contributed by atoms with E-state index in [-0.39, 0.29) is 24.0 Å². The number of aliphatic imine (C=N–C) groups is 1. The second-order valence-corrected chi connectivity index (χ2v) is 5.21. The van der Waals surface area contributed by atoms with Gasteiger partial charge in [0.2, 0.25) is 0 Å². The zero-order valence-electron chi connectivity index (χ0n) is 14.9. The molecule has 0 aliphatic carbocycles. The average molecular weight is 459 g/mol. The number of guanidine groups is 1. The molecule has 2 aromatic rings. The molecule has 0 amide bonds. The molecule has 0 saturated heterocycles. The second kappa shape index (κ2) is 11.7. The normalized spacial score (nSPS) is 10.9. The Morgan fingerprint density at radius 2 is 1.84 bits per heavy atom. The highest BCUT2D eigenvalue weighted by molar-refractivity contribution is 14.0. The standard InChI is InChI=1S/C17H25N5O2.HI/c1-18-17(20-13-15-8-9-21-22(15)2)19-12-14-4-6-16(7-5-14)24-11-10-23-3;/h4-9H,10-13H2,1-3H3,(H2,18,19,20);1H. The fourth-order valence-electron chi connectivity index (χ4n) is 2.10. The zero-order valence-corrected chi connectivity index (χ0v) is 17.2. The first-order chi connectivity index (χ1) is 11.7. The van der Waals surface area contributed by atoms with Crippen LogP contribution in [0.2, 0.25) is 0 Å². The number of aryl methyl sites for hydroxylation is 1. The van der Waals surface area contributed by atoms with Gasteiger partial charge in [0, 0.05) is 33.9 Å². The second-order valence-electron chi connectivity index (χ2n) is 5.21. The van der Waals surface area contributed by atoms with Crippen molar-refractivity contribution in [1.29, 1.82) is 0 Å². The fourth-order valence-corrected chi connectivity index (χ4v) is 2.10. The lowest BCUT2D eigenvalue weighted by molar-refractivity contribution is 0.146. The molecule has 0 aliphatic heterocycles. The maximum atomic E-state index is 5.55. The summed E-state index contributed by atoms with van der Waals surface area (Å²) in [6, 6.07) is 9.95. The number of benzene rings is 1. The van der Waals surface area contributed by atoms with E-state index in [0.29, 0.717) is 26.3 Å². The van der Waals surface area contributed by atoms with E-state index in [9.17, 15) is 0 Å². The fraction of sp³-hybridized carbons (Fsp3) is 0.412. The molecule has 25 heavy (non-hydrogen) atoms. The number of ether oxygens (including phenoxy) is 2. The molecule has 1 heterocycles. The molecule has 0 unspecified atom stereocenters. The van der Waals surface area contributed by atoms with Crippen molar-refractivity contribution < 1.29 is 9.47 Å². The van der Waals surface area contributed by atoms with Crippen LogP contribution in [-0.4, -0.2) is 43.1 Å². The van der Waals surface area contributed by atoms with Gasteiger partial charge in [-0.05, 0) is 23.8 Å². The van der Waals surface area contributed by atoms with Crippen LogP contribution >= 0.6 is 24.0 Å². The van der Waals surface area contributed by atoms with Gasteiger partial charge >= 0.3 is 0 Å². The highest BCUT2D eigenvalue weighted by Crippen LogP contribution is 2.11. The molecule has 1 aromatic carbocycles. The minimum atomic E-state index is 0. The molecule has 2 N–H and O–H groups in total. The van der Waals surface area contributed by atoms with Gasteiger partial charge in [-0.25, -0.2) is 0 Å². The number of hydrogen-bond acceptors (Lipinski definition) is 4. The molecule has 8 heteroatoms. The number of halogens is 1. The lowest BCUT2D eigenvalue weighted by atomic mass is 10.2. The Hall–Kier alpha value is -1.81. The van der Waals surface area contributed by atoms with Crippen LogP contribution in [-0.2, 0) is 24.9 Å². The third-order valence-electron chi connectivity index (χ3n) is 3.52. The predicted octanol–water partition coefficient (Wildman–Crippen LogP) is 1.93. The van der Waals surface area contributed by atoms with Crippen molar-refractivity contribution >= 4 is 29.9 Å². The van der Waals surface area contributed by atoms with E-state index in [1.807, 2.05) is 42.1 Å². The van der Waals surface area contributed by atoms with Gasteiger partial charge in [0.1, 0.15) is 12.4 Å². The maximum Gasteiger partial charge on any atom is 0.191 e. The van der Waals surface area contributed by atoms with Gasteiger partial charge in [-0.3, -0.25) is 9.67 Å². The summed E-state index contributed by atoms with van der Waals surface area (Å²) < 4.78 is 12.3. The molecule has 0 bridgehead atoms. The summed E-state index contributed by atoms with van der Waals surface area (Å²) in [6.07, 6.45) is 1.78. The quantitative estimate of drug-likeness (QED) is 0.273. The van der Waals surface area contributed by atoms with Crippen molar-refractivity contribution in [2.45, 2.75) is 13.1 Å². The number of nitrogens with one attached hydrogen (secondary N) is 2. The Morgan fingerprint density at radius 3 is 2.44 bits per heavy atom. The van der Waals surface area contributed by atoms with Crippen LogP contribution in [0, 0.1) is 0 Å². The first-order valence-corrected chi connectivity index (χ1v) is 7.85. The minimum absolute atomic E-state index is 0. The minimum Gasteiger partial charge on any atom is -0.491 e. The SMILES string of the molecule is CN=C(NCc1ccc(OCCOC)cc1)NCc1ccnn1C.I. The smallest absolute Gasteiger partial charge is 0.191 e. The van der Waals surface area contributed by atoms with Crippen LogP contribution in [0.3, 0.4) is 0 Å². The summed E-state index contributed by atoms with van der Waals surface area (Å²) in [6.45, 7) is 2.49. The van der Waals surface area contributed by atoms with Crippen LogP contribution in [0.25, 0.3) is 0 Å². The number of hydrogen-bond donors (Lipinski definition) is 2. The topological polar surface area (TPSA) is 72.7 Å². The van der Waals surface area contributed by atoms with E-state index in [0.717, 1.165) is 23.0 Å². The molecule has 0 atom stereocenters. The summed E-state index contributed by atoms with van der Waals surface area (Å²) in [5, 5.41) is 10.7. The van der Waals surface area contributed by atoms with Gasteiger partial charge in [0.15, 0.2) is 5.96 Å². The van der Waals surface area contributed by atoms with Crippen molar-refractivity contribution in [1.82, 2.24) is 20.4 Å². The first kappa shape index (κ1) is 21.2. The molecule has 0 aliphatic rings. The molecule has 2 rings (SSSR count). The van der Waals surface area contributed by atoms with E-state index in [4.69, 9.17) is 9.47 Å². The summed E-state index contributed by atoms with van der Waals surface area (Å²) in [7, 11) is 5.34. The summed E-state index contributed by atoms with van der Waals surface area (Å²) >= 11 is 0. The van der Waals surface area contributed by atoms with Crippen molar-refractivity contribution in [2.24, 2.45) is 12.0 Å². The predicted molar refractivity (Wildman–Crippen MR) is 109 cm³/mol. The van der Waals surface area contributed by atoms with Gasteiger partial charge < -0.3 is 20.1 Å². The number of nitrogens with zero attached hydrogens (tertiary/aromatic N) is 3. The third kappa shape index (κ3) is 7.30. The van der Waals surface area contributed by atoms with E-state index >= 15 is 0 Å². The van der Waals surface area contributed by atoms with Crippen molar-refractivity contribution in [3.63, 3.8) is 0 Å². The Bertz CT molecular complexity index is 643. The maximum absolute atomic E-state index is 5.55. The van der Waals surface area contributed by atoms with Crippen LogP contribution in [0.15, 0.2) is 41.5 Å². The lowest BCUT2D eigenvalue weighted by Crippen LogP contribution is -2.36. The van der Waals surface area contributed by atoms with Crippen molar-refractivity contribution in [3.8, 4) is 5.75 Å². The van der Waals surface area contributed by atoms with Gasteiger partial charge in [-0.15, -0.1) is 24.0 Å². The van der Waals surface area contributed by atoms with E-state index < -0.39 is 0 Å². The zero-order chi connectivity index (χ0) is 17.2. The van der Waals surface area contributed by atoms with Gasteiger partial charge in [-0.2, -0.15) is 5.10 Å². The molecule has 0 fully saturated rings. The van der Waals surface area contributed by atoms with Gasteiger partial charge in [0.25, 0.3) is 0 Å². The van der Waals surface area contributed by atoms with Crippen LogP contribution in [0.5, 0.6) is 5.75 Å². The van der Waals surface area contributed by atoms with Crippen molar-refractivity contribution in [2.75, 3.05) is 27.4 Å². The lowest BCUT2D eigenvalue weighted by Gasteiger charge is -2.12. The van der Waals surface area contributed by atoms with Crippen LogP contribution in [0.4, 0.5) is 0 Å². The molecule has 7 nitrogen and oxygen atoms in total. The molecule has 1 aromatic heterocycles. The Balaban J connectivity index is 0.00000312. The number of methoxy groups -OCH3 is 1. The summed E-state index contributed by atoms with van der Waals surface area (Å²) in [4.78, 5) is 4.23. The van der Waals surface area contributed by atoms with E-state index in [1.54, 1.807) is 20.4 Å². The summed E-state index contributed by atoms with van der Waals surface area (Å²) in [5.74, 6) is 1.59. The highest BCUT2D eigenvalue weighted by Gasteiger charge is 2.02. The van der Waals surface area contributed by atoms with Crippen LogP contribution < -0.4 is 15.4 Å². The van der Waals surface area contributed by atoms with E-state index in [1.165, 1.54) is 0 Å². The average Bonchev–Trinajstić information content (AvgIpc) is 3.01. The highest BCUT2D eigenvalue weighted by atomic mass is 127. The largest absolute Gasteiger partial charge is 0.491 e. The van der Waals surface area contributed by atoms with Crippen molar-refractivity contribution in [3.05, 3.63) is 47.8 Å². The molecular weight excluding hydrogens is 433 g/mol. The first-order valence-electron chi connectivity index (χ1n) is 7.85. The molecule has 0 saturated carbocycles. The third-order valence-corrected chi connectivity index (χ3v) is 3.52. The number of rotatable bonds is 8. The molecule has 0 spiro atoms. The Morgan fingerprint density at radius 1 is 1.12 bits per heavy atom. The van der Waals surface area contributed by atoms with Crippen LogP contribution in [0.1, 0.15) is 11.3 Å². The molecule has 138 valence electrons. The number of aromatic nitrogens is 2. The van der Waals surface area contributed by atoms with Gasteiger partial charge in [0.05, 0.1) is 18.8 Å².